The minimum absolute atomic E-state index is 0.0532. The van der Waals surface area contributed by atoms with E-state index >= 15 is 0 Å². The maximum atomic E-state index is 12.2. The number of halogens is 1. The van der Waals surface area contributed by atoms with Crippen LogP contribution in [0.5, 0.6) is 5.75 Å². The van der Waals surface area contributed by atoms with Gasteiger partial charge < -0.3 is 10.4 Å². The summed E-state index contributed by atoms with van der Waals surface area (Å²) in [6.07, 6.45) is 3.41. The van der Waals surface area contributed by atoms with Crippen molar-refractivity contribution in [1.29, 1.82) is 0 Å². The zero-order valence-electron chi connectivity index (χ0n) is 10.9. The summed E-state index contributed by atoms with van der Waals surface area (Å²) in [5.41, 5.74) is 1.05. The summed E-state index contributed by atoms with van der Waals surface area (Å²) in [6.45, 7) is 0. The molecule has 0 aliphatic heterocycles. The molecule has 1 heterocycles. The van der Waals surface area contributed by atoms with Crippen LogP contribution in [0.1, 0.15) is 10.4 Å². The molecule has 3 rings (SSSR count). The standard InChI is InChI=1S/C16H11ClN2O2/c17-13-8-11(4-5-15(13)20)16(21)19-14-3-1-2-10-6-7-18-9-12(10)14/h1-9,20H,(H,19,21). The van der Waals surface area contributed by atoms with Crippen molar-refractivity contribution < 1.29 is 9.90 Å². The van der Waals surface area contributed by atoms with Gasteiger partial charge in [0.05, 0.1) is 10.7 Å². The highest BCUT2D eigenvalue weighted by Gasteiger charge is 2.10. The highest BCUT2D eigenvalue weighted by molar-refractivity contribution is 6.32. The molecular formula is C16H11ClN2O2. The molecule has 0 bridgehead atoms. The van der Waals surface area contributed by atoms with E-state index in [0.29, 0.717) is 11.3 Å². The molecule has 1 amide bonds. The van der Waals surface area contributed by atoms with Gasteiger partial charge in [0.15, 0.2) is 0 Å². The monoisotopic (exact) mass is 298 g/mol. The normalized spacial score (nSPS) is 10.5. The molecule has 0 unspecified atom stereocenters. The lowest BCUT2D eigenvalue weighted by Gasteiger charge is -2.09. The lowest BCUT2D eigenvalue weighted by atomic mass is 10.1. The van der Waals surface area contributed by atoms with Gasteiger partial charge in [-0.3, -0.25) is 9.78 Å². The van der Waals surface area contributed by atoms with Gasteiger partial charge in [-0.05, 0) is 35.7 Å². The molecule has 0 saturated heterocycles. The summed E-state index contributed by atoms with van der Waals surface area (Å²) in [7, 11) is 0. The molecule has 21 heavy (non-hydrogen) atoms. The van der Waals surface area contributed by atoms with Crippen molar-refractivity contribution in [3.63, 3.8) is 0 Å². The Labute approximate surface area is 126 Å². The van der Waals surface area contributed by atoms with Crippen molar-refractivity contribution in [2.24, 2.45) is 0 Å². The van der Waals surface area contributed by atoms with Crippen LogP contribution in [0.25, 0.3) is 10.8 Å². The predicted octanol–water partition coefficient (Wildman–Crippen LogP) is 3.85. The summed E-state index contributed by atoms with van der Waals surface area (Å²) in [6, 6.07) is 11.8. The summed E-state index contributed by atoms with van der Waals surface area (Å²) in [4.78, 5) is 16.3. The first-order valence-corrected chi connectivity index (χ1v) is 6.65. The molecule has 2 aromatic carbocycles. The number of aromatic hydroxyl groups is 1. The molecule has 104 valence electrons. The Morgan fingerprint density at radius 1 is 1.19 bits per heavy atom. The first-order chi connectivity index (χ1) is 10.1. The molecule has 0 aliphatic rings. The van der Waals surface area contributed by atoms with Crippen molar-refractivity contribution in [3.8, 4) is 5.75 Å². The summed E-state index contributed by atoms with van der Waals surface area (Å²) in [5.74, 6) is -0.351. The van der Waals surface area contributed by atoms with E-state index in [1.54, 1.807) is 12.4 Å². The smallest absolute Gasteiger partial charge is 0.255 e. The van der Waals surface area contributed by atoms with E-state index < -0.39 is 0 Å². The molecule has 0 fully saturated rings. The Hall–Kier alpha value is -2.59. The number of anilines is 1. The fourth-order valence-corrected chi connectivity index (χ4v) is 2.25. The Morgan fingerprint density at radius 3 is 2.86 bits per heavy atom. The minimum atomic E-state index is -0.298. The molecule has 3 aromatic rings. The molecule has 0 atom stereocenters. The predicted molar refractivity (Wildman–Crippen MR) is 82.8 cm³/mol. The first kappa shape index (κ1) is 13.4. The van der Waals surface area contributed by atoms with Crippen LogP contribution >= 0.6 is 11.6 Å². The third-order valence-electron chi connectivity index (χ3n) is 3.14. The number of phenolic OH excluding ortho intramolecular Hbond substituents is 1. The third-order valence-corrected chi connectivity index (χ3v) is 3.44. The number of hydrogen-bond acceptors (Lipinski definition) is 3. The van der Waals surface area contributed by atoms with E-state index in [1.165, 1.54) is 18.2 Å². The average Bonchev–Trinajstić information content (AvgIpc) is 2.50. The number of nitrogens with one attached hydrogen (secondary N) is 1. The lowest BCUT2D eigenvalue weighted by molar-refractivity contribution is 0.102. The summed E-state index contributed by atoms with van der Waals surface area (Å²) < 4.78 is 0. The molecule has 0 radical (unpaired) electrons. The van der Waals surface area contributed by atoms with Crippen LogP contribution in [-0.4, -0.2) is 16.0 Å². The maximum absolute atomic E-state index is 12.2. The molecule has 1 aromatic heterocycles. The van der Waals surface area contributed by atoms with E-state index in [0.717, 1.165) is 10.8 Å². The molecule has 2 N–H and O–H groups in total. The second-order valence-electron chi connectivity index (χ2n) is 4.52. The zero-order chi connectivity index (χ0) is 14.8. The largest absolute Gasteiger partial charge is 0.506 e. The number of phenols is 1. The Balaban J connectivity index is 1.94. The second kappa shape index (κ2) is 5.42. The van der Waals surface area contributed by atoms with Crippen LogP contribution in [0.3, 0.4) is 0 Å². The Bertz CT molecular complexity index is 828. The lowest BCUT2D eigenvalue weighted by Crippen LogP contribution is -2.12. The second-order valence-corrected chi connectivity index (χ2v) is 4.93. The first-order valence-electron chi connectivity index (χ1n) is 6.28. The molecule has 5 heteroatoms. The fourth-order valence-electron chi connectivity index (χ4n) is 2.07. The average molecular weight is 299 g/mol. The van der Waals surface area contributed by atoms with E-state index in [1.807, 2.05) is 24.3 Å². The van der Waals surface area contributed by atoms with Gasteiger partial charge in [0.2, 0.25) is 0 Å². The molecular weight excluding hydrogens is 288 g/mol. The van der Waals surface area contributed by atoms with E-state index in [9.17, 15) is 9.90 Å². The number of hydrogen-bond donors (Lipinski definition) is 2. The highest BCUT2D eigenvalue weighted by atomic mass is 35.5. The zero-order valence-corrected chi connectivity index (χ0v) is 11.6. The van der Waals surface area contributed by atoms with Gasteiger partial charge in [0.1, 0.15) is 5.75 Å². The minimum Gasteiger partial charge on any atom is -0.506 e. The van der Waals surface area contributed by atoms with Crippen LogP contribution in [0.15, 0.2) is 54.9 Å². The third kappa shape index (κ3) is 2.66. The topological polar surface area (TPSA) is 62.2 Å². The van der Waals surface area contributed by atoms with Gasteiger partial charge in [-0.2, -0.15) is 0 Å². The van der Waals surface area contributed by atoms with Crippen LogP contribution in [0.4, 0.5) is 5.69 Å². The van der Waals surface area contributed by atoms with Crippen molar-refractivity contribution in [1.82, 2.24) is 4.98 Å². The van der Waals surface area contributed by atoms with E-state index in [4.69, 9.17) is 11.6 Å². The van der Waals surface area contributed by atoms with Gasteiger partial charge in [-0.25, -0.2) is 0 Å². The SMILES string of the molecule is O=C(Nc1cccc2ccncc12)c1ccc(O)c(Cl)c1. The fraction of sp³-hybridized carbons (Fsp3) is 0. The quantitative estimate of drug-likeness (QED) is 0.755. The van der Waals surface area contributed by atoms with E-state index in [-0.39, 0.29) is 16.7 Å². The Kier molecular flexibility index (Phi) is 3.46. The van der Waals surface area contributed by atoms with Gasteiger partial charge in [-0.15, -0.1) is 0 Å². The number of pyridine rings is 1. The number of rotatable bonds is 2. The molecule has 0 aliphatic carbocycles. The Morgan fingerprint density at radius 2 is 2.05 bits per heavy atom. The summed E-state index contributed by atoms with van der Waals surface area (Å²) in [5, 5.41) is 14.2. The number of nitrogens with zero attached hydrogens (tertiary/aromatic N) is 1. The van der Waals surface area contributed by atoms with Gasteiger partial charge in [-0.1, -0.05) is 23.7 Å². The molecule has 0 saturated carbocycles. The highest BCUT2D eigenvalue weighted by Crippen LogP contribution is 2.26. The molecule has 0 spiro atoms. The van der Waals surface area contributed by atoms with Crippen LogP contribution in [0.2, 0.25) is 5.02 Å². The van der Waals surface area contributed by atoms with Gasteiger partial charge in [0, 0.05) is 23.3 Å². The van der Waals surface area contributed by atoms with Gasteiger partial charge in [0.25, 0.3) is 5.91 Å². The number of carbonyl (C=O) groups excluding carboxylic acids is 1. The van der Waals surface area contributed by atoms with Gasteiger partial charge >= 0.3 is 0 Å². The van der Waals surface area contributed by atoms with Crippen molar-refractivity contribution in [2.75, 3.05) is 5.32 Å². The number of amides is 1. The van der Waals surface area contributed by atoms with E-state index in [2.05, 4.69) is 10.3 Å². The number of carbonyl (C=O) groups is 1. The van der Waals surface area contributed by atoms with Crippen LogP contribution in [-0.2, 0) is 0 Å². The summed E-state index contributed by atoms with van der Waals surface area (Å²) >= 11 is 5.82. The number of benzene rings is 2. The number of aromatic nitrogens is 1. The van der Waals surface area contributed by atoms with Crippen molar-refractivity contribution in [2.45, 2.75) is 0 Å². The number of fused-ring (bicyclic) bond motifs is 1. The maximum Gasteiger partial charge on any atom is 0.255 e. The van der Waals surface area contributed by atoms with Crippen molar-refractivity contribution >= 4 is 34.0 Å². The van der Waals surface area contributed by atoms with Crippen LogP contribution in [0, 0.1) is 0 Å². The molecule has 4 nitrogen and oxygen atoms in total. The van der Waals surface area contributed by atoms with Crippen molar-refractivity contribution in [3.05, 3.63) is 65.4 Å². The van der Waals surface area contributed by atoms with Crippen LogP contribution < -0.4 is 5.32 Å².